The minimum absolute atomic E-state index is 0.0159. The van der Waals surface area contributed by atoms with Gasteiger partial charge in [0, 0.05) is 0 Å². The van der Waals surface area contributed by atoms with Crippen LogP contribution in [-0.2, 0) is 10.4 Å². The van der Waals surface area contributed by atoms with Gasteiger partial charge in [0.25, 0.3) is 5.91 Å². The Balaban J connectivity index is 1.87. The van der Waals surface area contributed by atoms with E-state index in [2.05, 4.69) is 10.6 Å². The number of carbonyl (C=O) groups is 2. The van der Waals surface area contributed by atoms with Gasteiger partial charge in [-0.05, 0) is 44.4 Å². The van der Waals surface area contributed by atoms with Crippen LogP contribution in [-0.4, -0.2) is 29.5 Å². The second-order valence-electron chi connectivity index (χ2n) is 5.57. The van der Waals surface area contributed by atoms with Crippen LogP contribution in [0.2, 0.25) is 0 Å². The Kier molecular flexibility index (Phi) is 5.23. The summed E-state index contributed by atoms with van der Waals surface area (Å²) >= 11 is 1.31. The molecule has 2 atom stereocenters. The molecule has 3 N–H and O–H groups in total. The number of aryl methyl sites for hydroxylation is 1. The van der Waals surface area contributed by atoms with Gasteiger partial charge in [-0.1, -0.05) is 6.07 Å². The van der Waals surface area contributed by atoms with Crippen molar-refractivity contribution in [1.29, 1.82) is 0 Å². The Morgan fingerprint density at radius 1 is 1.39 bits per heavy atom. The Bertz CT molecular complexity index is 676. The van der Waals surface area contributed by atoms with Gasteiger partial charge in [-0.3, -0.25) is 9.59 Å². The lowest BCUT2D eigenvalue weighted by molar-refractivity contribution is -0.123. The zero-order valence-electron chi connectivity index (χ0n) is 13.3. The van der Waals surface area contributed by atoms with Gasteiger partial charge in [-0.25, -0.2) is 0 Å². The van der Waals surface area contributed by atoms with Crippen LogP contribution in [0.25, 0.3) is 0 Å². The van der Waals surface area contributed by atoms with E-state index in [0.29, 0.717) is 16.4 Å². The number of hydrogen-bond donors (Lipinski definition) is 3. The molecule has 23 heavy (non-hydrogen) atoms. The monoisotopic (exact) mass is 336 g/mol. The third kappa shape index (κ3) is 4.43. The van der Waals surface area contributed by atoms with Crippen molar-refractivity contribution < 1.29 is 19.1 Å². The minimum Gasteiger partial charge on any atom is -0.463 e. The molecule has 0 fully saturated rings. The quantitative estimate of drug-likeness (QED) is 0.750. The third-order valence-corrected chi connectivity index (χ3v) is 4.23. The lowest BCUT2D eigenvalue weighted by atomic mass is 10.0. The molecule has 0 saturated heterocycles. The molecule has 0 saturated carbocycles. The van der Waals surface area contributed by atoms with E-state index in [1.165, 1.54) is 11.3 Å². The summed E-state index contributed by atoms with van der Waals surface area (Å²) in [5, 5.41) is 17.4. The van der Waals surface area contributed by atoms with E-state index in [9.17, 15) is 14.7 Å². The molecule has 7 heteroatoms. The second-order valence-corrected chi connectivity index (χ2v) is 6.52. The van der Waals surface area contributed by atoms with Crippen molar-refractivity contribution in [2.75, 3.05) is 6.54 Å². The Morgan fingerprint density at radius 2 is 2.13 bits per heavy atom. The Labute approximate surface area is 138 Å². The summed E-state index contributed by atoms with van der Waals surface area (Å²) in [5.41, 5.74) is -1.32. The van der Waals surface area contributed by atoms with Crippen LogP contribution in [0.4, 0.5) is 0 Å². The van der Waals surface area contributed by atoms with Gasteiger partial charge in [-0.2, -0.15) is 0 Å². The van der Waals surface area contributed by atoms with E-state index in [1.807, 2.05) is 0 Å². The van der Waals surface area contributed by atoms with Crippen molar-refractivity contribution in [2.24, 2.45) is 0 Å². The molecule has 0 aliphatic heterocycles. The first kappa shape index (κ1) is 17.2. The van der Waals surface area contributed by atoms with Crippen LogP contribution in [0, 0.1) is 6.92 Å². The Morgan fingerprint density at radius 3 is 2.70 bits per heavy atom. The molecule has 0 aliphatic carbocycles. The number of hydrogen-bond acceptors (Lipinski definition) is 5. The van der Waals surface area contributed by atoms with Crippen molar-refractivity contribution in [3.8, 4) is 0 Å². The maximum atomic E-state index is 12.1. The molecule has 6 nitrogen and oxygen atoms in total. The highest BCUT2D eigenvalue weighted by Gasteiger charge is 2.28. The molecule has 124 valence electrons. The molecule has 2 aromatic heterocycles. The number of nitrogens with one attached hydrogen (secondary N) is 2. The number of aliphatic hydroxyl groups is 1. The third-order valence-electron chi connectivity index (χ3n) is 3.36. The van der Waals surface area contributed by atoms with Crippen molar-refractivity contribution in [2.45, 2.75) is 32.4 Å². The highest BCUT2D eigenvalue weighted by Crippen LogP contribution is 2.21. The lowest BCUT2D eigenvalue weighted by Crippen LogP contribution is -2.48. The summed E-state index contributed by atoms with van der Waals surface area (Å²) in [6.45, 7) is 4.91. The van der Waals surface area contributed by atoms with Crippen molar-refractivity contribution in [3.63, 3.8) is 0 Å². The largest absolute Gasteiger partial charge is 0.463 e. The fraction of sp³-hybridized carbons (Fsp3) is 0.375. The molecule has 0 bridgehead atoms. The second kappa shape index (κ2) is 6.97. The maximum absolute atomic E-state index is 12.1. The fourth-order valence-electron chi connectivity index (χ4n) is 1.96. The average Bonchev–Trinajstić information content (AvgIpc) is 3.16. The molecular weight excluding hydrogens is 316 g/mol. The fourth-order valence-corrected chi connectivity index (χ4v) is 2.59. The van der Waals surface area contributed by atoms with Gasteiger partial charge >= 0.3 is 0 Å². The van der Waals surface area contributed by atoms with E-state index in [1.54, 1.807) is 50.4 Å². The van der Waals surface area contributed by atoms with Crippen molar-refractivity contribution in [3.05, 3.63) is 46.0 Å². The molecule has 0 aliphatic rings. The van der Waals surface area contributed by atoms with E-state index >= 15 is 0 Å². The van der Waals surface area contributed by atoms with Crippen LogP contribution in [0.1, 0.15) is 35.0 Å². The van der Waals surface area contributed by atoms with Crippen LogP contribution >= 0.6 is 11.3 Å². The van der Waals surface area contributed by atoms with Crippen LogP contribution in [0.5, 0.6) is 0 Å². The van der Waals surface area contributed by atoms with Gasteiger partial charge in [0.1, 0.15) is 23.2 Å². The highest BCUT2D eigenvalue weighted by molar-refractivity contribution is 7.12. The van der Waals surface area contributed by atoms with Crippen LogP contribution in [0.3, 0.4) is 0 Å². The van der Waals surface area contributed by atoms with Crippen molar-refractivity contribution >= 4 is 23.2 Å². The highest BCUT2D eigenvalue weighted by atomic mass is 32.1. The molecule has 2 rings (SSSR count). The zero-order valence-corrected chi connectivity index (χ0v) is 14.1. The molecule has 2 heterocycles. The predicted octanol–water partition coefficient (Wildman–Crippen LogP) is 1.79. The molecule has 2 amide bonds. The standard InChI is InChI=1S/C16H20N2O4S/c1-10-6-7-13(22-10)16(3,21)9-17-14(19)11(2)18-15(20)12-5-4-8-23-12/h4-8,11,21H,9H2,1-3H3,(H,17,19)(H,18,20). The molecular formula is C16H20N2O4S. The summed E-state index contributed by atoms with van der Waals surface area (Å²) in [6, 6.07) is 6.17. The summed E-state index contributed by atoms with van der Waals surface area (Å²) < 4.78 is 5.38. The van der Waals surface area contributed by atoms with Crippen LogP contribution < -0.4 is 10.6 Å². The Hall–Kier alpha value is -2.12. The topological polar surface area (TPSA) is 91.6 Å². The van der Waals surface area contributed by atoms with Crippen LogP contribution in [0.15, 0.2) is 34.1 Å². The number of carbonyl (C=O) groups excluding carboxylic acids is 2. The number of furan rings is 1. The summed E-state index contributed by atoms with van der Waals surface area (Å²) in [4.78, 5) is 24.5. The normalized spacial score (nSPS) is 14.8. The van der Waals surface area contributed by atoms with Gasteiger partial charge in [0.05, 0.1) is 11.4 Å². The van der Waals surface area contributed by atoms with Gasteiger partial charge in [0.15, 0.2) is 0 Å². The SMILES string of the molecule is Cc1ccc(C(C)(O)CNC(=O)C(C)NC(=O)c2cccs2)o1. The summed E-state index contributed by atoms with van der Waals surface area (Å²) in [6.07, 6.45) is 0. The molecule has 2 unspecified atom stereocenters. The summed E-state index contributed by atoms with van der Waals surface area (Å²) in [5.74, 6) is 0.392. The minimum atomic E-state index is -1.32. The number of thiophene rings is 1. The van der Waals surface area contributed by atoms with Gasteiger partial charge < -0.3 is 20.2 Å². The molecule has 0 radical (unpaired) electrons. The van der Waals surface area contributed by atoms with E-state index < -0.39 is 11.6 Å². The number of amides is 2. The van der Waals surface area contributed by atoms with E-state index in [4.69, 9.17) is 4.42 Å². The average molecular weight is 336 g/mol. The zero-order chi connectivity index (χ0) is 17.0. The predicted molar refractivity (Wildman–Crippen MR) is 87.3 cm³/mol. The van der Waals surface area contributed by atoms with Gasteiger partial charge in [0.2, 0.25) is 5.91 Å². The molecule has 0 aromatic carbocycles. The van der Waals surface area contributed by atoms with Gasteiger partial charge in [-0.15, -0.1) is 11.3 Å². The summed E-state index contributed by atoms with van der Waals surface area (Å²) in [7, 11) is 0. The van der Waals surface area contributed by atoms with Crippen molar-refractivity contribution in [1.82, 2.24) is 10.6 Å². The first-order valence-corrected chi connectivity index (χ1v) is 8.09. The first-order chi connectivity index (χ1) is 10.8. The first-order valence-electron chi connectivity index (χ1n) is 7.21. The van der Waals surface area contributed by atoms with E-state index in [-0.39, 0.29) is 18.4 Å². The lowest BCUT2D eigenvalue weighted by Gasteiger charge is -2.22. The molecule has 2 aromatic rings. The molecule has 0 spiro atoms. The van der Waals surface area contributed by atoms with E-state index in [0.717, 1.165) is 0 Å². The maximum Gasteiger partial charge on any atom is 0.261 e. The number of rotatable bonds is 6. The smallest absolute Gasteiger partial charge is 0.261 e.